The number of halogens is 3. The number of nitrogens with zero attached hydrogens (tertiary/aromatic N) is 7. The average molecular weight is 1680 g/mol. The molecule has 0 atom stereocenters. The summed E-state index contributed by atoms with van der Waals surface area (Å²) in [5.74, 6) is 1.83. The van der Waals surface area contributed by atoms with Gasteiger partial charge in [0.15, 0.2) is 11.6 Å². The third-order valence-electron chi connectivity index (χ3n) is 21.9. The molecule has 7 heterocycles. The van der Waals surface area contributed by atoms with Crippen LogP contribution in [0.5, 0.6) is 0 Å². The first kappa shape index (κ1) is 75.4. The van der Waals surface area contributed by atoms with Crippen molar-refractivity contribution in [3.05, 3.63) is 358 Å². The van der Waals surface area contributed by atoms with E-state index in [4.69, 9.17) is 29.0 Å². The third-order valence-corrected chi connectivity index (χ3v) is 23.4. The lowest BCUT2D eigenvalue weighted by Gasteiger charge is -2.32. The van der Waals surface area contributed by atoms with Gasteiger partial charge in [0.25, 0.3) is 0 Å². The van der Waals surface area contributed by atoms with E-state index in [9.17, 15) is 0 Å². The second-order valence-electron chi connectivity index (χ2n) is 29.4. The second-order valence-corrected chi connectivity index (χ2v) is 32.2. The van der Waals surface area contributed by atoms with E-state index in [0.29, 0.717) is 17.6 Å². The predicted molar refractivity (Wildman–Crippen MR) is 486 cm³/mol. The van der Waals surface area contributed by atoms with Crippen LogP contribution in [0.3, 0.4) is 0 Å². The maximum Gasteiger partial charge on any atom is 0.494 e. The molecule has 0 N–H and O–H groups in total. The Kier molecular flexibility index (Phi) is 21.6. The Balaban J connectivity index is 0.000000113. The first-order valence-electron chi connectivity index (χ1n) is 39.0. The zero-order valence-electron chi connectivity index (χ0n) is 64.4. The molecule has 2 fully saturated rings. The van der Waals surface area contributed by atoms with Crippen LogP contribution in [0.4, 0.5) is 0 Å². The Morgan fingerprint density at radius 2 is 0.640 bits per heavy atom. The smallest absolute Gasteiger partial charge is 0.399 e. The molecule has 0 saturated carbocycles. The van der Waals surface area contributed by atoms with Crippen molar-refractivity contribution in [2.45, 2.75) is 72.0 Å². The molecular formula is C100H83BBr3N7O3. The molecule has 19 aromatic rings. The highest BCUT2D eigenvalue weighted by atomic mass is 79.9. The van der Waals surface area contributed by atoms with Gasteiger partial charge in [-0.05, 0) is 196 Å². The minimum absolute atomic E-state index is 0.410. The molecule has 0 radical (unpaired) electrons. The van der Waals surface area contributed by atoms with Crippen LogP contribution in [0.1, 0.15) is 65.5 Å². The monoisotopic (exact) mass is 1680 g/mol. The summed E-state index contributed by atoms with van der Waals surface area (Å²) < 4.78 is 30.1. The van der Waals surface area contributed by atoms with Crippen molar-refractivity contribution >= 4 is 148 Å². The van der Waals surface area contributed by atoms with Crippen molar-refractivity contribution in [3.8, 4) is 56.9 Å². The van der Waals surface area contributed by atoms with E-state index in [2.05, 4.69) is 355 Å². The molecule has 5 aromatic heterocycles. The van der Waals surface area contributed by atoms with Gasteiger partial charge in [0.1, 0.15) is 0 Å². The summed E-state index contributed by atoms with van der Waals surface area (Å²) in [6.45, 7) is 14.3. The Hall–Kier alpha value is -11.3. The average Bonchev–Trinajstić information content (AvgIpc) is 1.58. The van der Waals surface area contributed by atoms with Crippen LogP contribution in [-0.4, -0.2) is 64.8 Å². The van der Waals surface area contributed by atoms with Gasteiger partial charge < -0.3 is 27.7 Å². The second kappa shape index (κ2) is 32.6. The Morgan fingerprint density at radius 3 is 1.08 bits per heavy atom. The van der Waals surface area contributed by atoms with Gasteiger partial charge in [-0.15, -0.1) is 0 Å². The van der Waals surface area contributed by atoms with Gasteiger partial charge in [-0.3, -0.25) is 4.57 Å². The van der Waals surface area contributed by atoms with E-state index in [1.54, 1.807) is 0 Å². The van der Waals surface area contributed by atoms with E-state index in [1.807, 2.05) is 86.6 Å². The zero-order chi connectivity index (χ0) is 78.0. The number of hydrogen-bond acceptors (Lipinski definition) is 6. The summed E-state index contributed by atoms with van der Waals surface area (Å²) in [6.07, 6.45) is 3.66. The summed E-state index contributed by atoms with van der Waals surface area (Å²) in [6, 6.07) is 117. The number of benzene rings is 14. The Labute approximate surface area is 689 Å². The van der Waals surface area contributed by atoms with Crippen LogP contribution >= 0.6 is 47.8 Å². The van der Waals surface area contributed by atoms with Gasteiger partial charge >= 0.3 is 7.12 Å². The fraction of sp³-hybridized carbons (Fsp3) is 0.130. The molecule has 560 valence electrons. The van der Waals surface area contributed by atoms with Crippen molar-refractivity contribution in [2.75, 3.05) is 13.2 Å². The van der Waals surface area contributed by atoms with Crippen molar-refractivity contribution in [3.63, 3.8) is 0 Å². The zero-order valence-corrected chi connectivity index (χ0v) is 69.1. The fourth-order valence-corrected chi connectivity index (χ4v) is 16.9. The van der Waals surface area contributed by atoms with Crippen LogP contribution in [0.2, 0.25) is 0 Å². The Morgan fingerprint density at radius 1 is 0.307 bits per heavy atom. The molecule has 0 bridgehead atoms. The van der Waals surface area contributed by atoms with Crippen LogP contribution in [0, 0.1) is 0 Å². The minimum Gasteiger partial charge on any atom is -0.399 e. The standard InChI is InChI=1S/C33H29BN4O2.C30H19BrN2.C18H11Br2N.C13H10.C4H8O.C2H6/c1-32(2)33(3,4)40-34(39-32)24-19-20-28-26(21-24)25-17-11-12-18-27(25)38(28)31-36-29(22-13-7-5-8-14-22)35-30(37-31)23-15-9-6-10-16-23;31-20-14-16-29-25(18-20)26-19-22(15-17-30(26)32(29)21-8-2-1-3-9-21)33-27-12-6-4-10-23(27)24-11-5-7-13-28(24)33;19-12-6-8-17-15(10-12)16-11-13(20)7-9-18(16)21(17)14-4-2-1-3-5-14;1-3-7-12-10(5-1)9-11-6-2-4-8-13(11)12;1-2-4-5-3-1;1-2/h5-21H,1-4H3;1-19H;1-11H;1-8H,9H2;1-4H2;1-2H3. The lowest BCUT2D eigenvalue weighted by molar-refractivity contribution is 0.00578. The number of rotatable bonds is 7. The SMILES string of the molecule is Brc1ccc2c(c1)c1cc(-n3c4ccccc4c4ccccc43)ccc1n2-c1ccccc1.Brc1ccc2c(c1)c1cc(Br)ccc1n2-c1ccccc1.C1CCOC1.CC.CC1(C)OB(c2ccc3c(c2)c2ccccc2n3-c2nc(-c3ccccc3)nc(-c3ccccc3)n2)OC1(C)C.c1ccc2c(c1)Cc1ccccc1-2. The number of hydrogen-bond donors (Lipinski definition) is 0. The van der Waals surface area contributed by atoms with Crippen molar-refractivity contribution in [1.29, 1.82) is 0 Å². The topological polar surface area (TPSA) is 86.1 Å². The molecule has 2 aliphatic heterocycles. The van der Waals surface area contributed by atoms with Gasteiger partial charge in [-0.1, -0.05) is 274 Å². The summed E-state index contributed by atoms with van der Waals surface area (Å²) in [4.78, 5) is 14.9. The van der Waals surface area contributed by atoms with Crippen LogP contribution in [0.25, 0.3) is 144 Å². The minimum atomic E-state index is -0.442. The van der Waals surface area contributed by atoms with Crippen LogP contribution in [-0.2, 0) is 20.5 Å². The number of para-hydroxylation sites is 5. The van der Waals surface area contributed by atoms with Crippen LogP contribution in [0.15, 0.2) is 347 Å². The normalized spacial score (nSPS) is 13.7. The molecule has 14 heteroatoms. The molecule has 3 aliphatic rings. The lowest BCUT2D eigenvalue weighted by atomic mass is 9.78. The highest BCUT2D eigenvalue weighted by Gasteiger charge is 2.52. The fourth-order valence-electron chi connectivity index (χ4n) is 15.8. The molecular weight excluding hydrogens is 1600 g/mol. The maximum absolute atomic E-state index is 6.37. The first-order valence-corrected chi connectivity index (χ1v) is 41.4. The van der Waals surface area contributed by atoms with E-state index in [1.165, 1.54) is 118 Å². The quantitative estimate of drug-likeness (QED) is 0.148. The van der Waals surface area contributed by atoms with Crippen molar-refractivity contribution < 1.29 is 14.0 Å². The van der Waals surface area contributed by atoms with E-state index < -0.39 is 18.3 Å². The van der Waals surface area contributed by atoms with Gasteiger partial charge in [-0.2, -0.15) is 9.97 Å². The lowest BCUT2D eigenvalue weighted by Crippen LogP contribution is -2.41. The third kappa shape index (κ3) is 14.7. The summed E-state index contributed by atoms with van der Waals surface area (Å²) in [5.41, 5.74) is 20.7. The van der Waals surface area contributed by atoms with Gasteiger partial charge in [0.05, 0.1) is 55.3 Å². The number of ether oxygens (including phenoxy) is 1. The van der Waals surface area contributed by atoms with Gasteiger partial charge in [0.2, 0.25) is 5.95 Å². The van der Waals surface area contributed by atoms with E-state index in [-0.39, 0.29) is 0 Å². The molecule has 1 aliphatic carbocycles. The molecule has 114 heavy (non-hydrogen) atoms. The largest absolute Gasteiger partial charge is 0.494 e. The summed E-state index contributed by atoms with van der Waals surface area (Å²) in [7, 11) is -0.442. The molecule has 0 unspecified atom stereocenters. The molecule has 0 spiro atoms. The Bertz CT molecular complexity index is 6480. The van der Waals surface area contributed by atoms with Crippen LogP contribution < -0.4 is 5.46 Å². The van der Waals surface area contributed by atoms with E-state index >= 15 is 0 Å². The van der Waals surface area contributed by atoms with Gasteiger partial charge in [0, 0.05) is 97.9 Å². The predicted octanol–water partition coefficient (Wildman–Crippen LogP) is 26.6. The van der Waals surface area contributed by atoms with Crippen molar-refractivity contribution in [1.82, 2.24) is 33.2 Å². The number of fused-ring (bicyclic) bond motifs is 15. The van der Waals surface area contributed by atoms with E-state index in [0.717, 1.165) is 71.4 Å². The molecule has 0 amide bonds. The molecule has 22 rings (SSSR count). The molecule has 10 nitrogen and oxygen atoms in total. The molecule has 14 aromatic carbocycles. The highest BCUT2D eigenvalue weighted by molar-refractivity contribution is 9.11. The summed E-state index contributed by atoms with van der Waals surface area (Å²) in [5, 5.41) is 9.75. The maximum atomic E-state index is 6.37. The highest BCUT2D eigenvalue weighted by Crippen LogP contribution is 2.42. The van der Waals surface area contributed by atoms with Gasteiger partial charge in [-0.25, -0.2) is 4.98 Å². The number of aromatic nitrogens is 7. The molecule has 2 saturated heterocycles. The van der Waals surface area contributed by atoms with Crippen molar-refractivity contribution in [2.24, 2.45) is 0 Å². The first-order chi connectivity index (χ1) is 55.8. The summed E-state index contributed by atoms with van der Waals surface area (Å²) >= 11 is 10.9.